The Bertz CT molecular complexity index is 563. The van der Waals surface area contributed by atoms with E-state index in [1.807, 2.05) is 62.4 Å². The SMILES string of the molecule is Cc1ccc(OP(=S)([O+]c2ccc(C)cc2)SN)cc1. The van der Waals surface area contributed by atoms with E-state index in [1.54, 1.807) is 0 Å². The van der Waals surface area contributed by atoms with Crippen LogP contribution in [-0.4, -0.2) is 0 Å². The summed E-state index contributed by atoms with van der Waals surface area (Å²) in [4.78, 5) is 0. The zero-order valence-electron chi connectivity index (χ0n) is 11.3. The predicted molar refractivity (Wildman–Crippen MR) is 89.7 cm³/mol. The average molecular weight is 325 g/mol. The lowest BCUT2D eigenvalue weighted by molar-refractivity contribution is 0.506. The highest BCUT2D eigenvalue weighted by molar-refractivity contribution is 8.67. The highest BCUT2D eigenvalue weighted by Gasteiger charge is 2.37. The fourth-order valence-corrected chi connectivity index (χ4v) is 3.69. The van der Waals surface area contributed by atoms with E-state index in [1.165, 1.54) is 0 Å². The van der Waals surface area contributed by atoms with Gasteiger partial charge in [0.15, 0.2) is 0 Å². The third kappa shape index (κ3) is 4.25. The van der Waals surface area contributed by atoms with Gasteiger partial charge in [0.25, 0.3) is 0 Å². The molecule has 2 N–H and O–H groups in total. The Morgan fingerprint density at radius 2 is 1.50 bits per heavy atom. The summed E-state index contributed by atoms with van der Waals surface area (Å²) in [5.41, 5.74) is -0.331. The molecule has 0 aliphatic rings. The van der Waals surface area contributed by atoms with Crippen molar-refractivity contribution < 1.29 is 9.05 Å². The number of hydrogen-bond acceptors (Lipinski definition) is 5. The molecule has 1 radical (unpaired) electrons. The maximum Gasteiger partial charge on any atom is 0.583 e. The number of benzene rings is 2. The van der Waals surface area contributed by atoms with Crippen LogP contribution in [-0.2, 0) is 11.8 Å². The Labute approximate surface area is 128 Å². The molecule has 0 aliphatic carbocycles. The van der Waals surface area contributed by atoms with Crippen LogP contribution in [0, 0.1) is 13.8 Å². The van der Waals surface area contributed by atoms with Crippen molar-refractivity contribution in [1.29, 1.82) is 0 Å². The van der Waals surface area contributed by atoms with E-state index in [-0.39, 0.29) is 0 Å². The van der Waals surface area contributed by atoms with Crippen LogP contribution in [0.15, 0.2) is 48.5 Å². The fraction of sp³-hybridized carbons (Fsp3) is 0.143. The summed E-state index contributed by atoms with van der Waals surface area (Å²) in [7, 11) is 0. The Balaban J connectivity index is 2.14. The fourth-order valence-electron chi connectivity index (χ4n) is 1.52. The normalized spacial score (nSPS) is 13.6. The molecular weight excluding hydrogens is 309 g/mol. The van der Waals surface area contributed by atoms with Gasteiger partial charge < -0.3 is 4.52 Å². The van der Waals surface area contributed by atoms with Crippen LogP contribution in [0.5, 0.6) is 11.5 Å². The first kappa shape index (κ1) is 15.4. The summed E-state index contributed by atoms with van der Waals surface area (Å²) in [6.07, 6.45) is 0. The number of nitrogens with two attached hydrogens (primary N) is 1. The number of aryl methyl sites for hydroxylation is 2. The van der Waals surface area contributed by atoms with Gasteiger partial charge in [0.2, 0.25) is 0 Å². The molecule has 105 valence electrons. The van der Waals surface area contributed by atoms with Crippen LogP contribution in [0.25, 0.3) is 0 Å². The van der Waals surface area contributed by atoms with Crippen LogP contribution in [0.3, 0.4) is 0 Å². The van der Waals surface area contributed by atoms with E-state index in [0.29, 0.717) is 11.5 Å². The van der Waals surface area contributed by atoms with E-state index in [0.717, 1.165) is 22.7 Å². The third-order valence-electron chi connectivity index (χ3n) is 2.61. The van der Waals surface area contributed by atoms with Gasteiger partial charge >= 0.3 is 11.4 Å². The molecule has 20 heavy (non-hydrogen) atoms. The summed E-state index contributed by atoms with van der Waals surface area (Å²) >= 11 is 6.39. The van der Waals surface area contributed by atoms with Crippen LogP contribution in [0.1, 0.15) is 11.1 Å². The first-order chi connectivity index (χ1) is 9.50. The van der Waals surface area contributed by atoms with Crippen molar-refractivity contribution in [3.63, 3.8) is 0 Å². The molecule has 2 aromatic rings. The van der Waals surface area contributed by atoms with Gasteiger partial charge in [-0.2, -0.15) is 4.52 Å². The van der Waals surface area contributed by atoms with Crippen molar-refractivity contribution in [2.45, 2.75) is 13.8 Å². The highest BCUT2D eigenvalue weighted by atomic mass is 32.9. The quantitative estimate of drug-likeness (QED) is 0.495. The van der Waals surface area contributed by atoms with Crippen molar-refractivity contribution in [3.8, 4) is 11.5 Å². The molecule has 6 heteroatoms. The molecule has 2 aromatic carbocycles. The summed E-state index contributed by atoms with van der Waals surface area (Å²) in [6, 6.07) is 15.3. The van der Waals surface area contributed by atoms with Gasteiger partial charge in [-0.1, -0.05) is 23.3 Å². The number of hydrogen-bond donors (Lipinski definition) is 1. The summed E-state index contributed by atoms with van der Waals surface area (Å²) in [5, 5.41) is 5.67. The third-order valence-corrected chi connectivity index (χ3v) is 6.18. The Morgan fingerprint density at radius 3 is 2.00 bits per heavy atom. The van der Waals surface area contributed by atoms with Gasteiger partial charge in [0.05, 0.1) is 23.4 Å². The molecule has 0 amide bonds. The zero-order chi connectivity index (χ0) is 14.6. The topological polar surface area (TPSA) is 46.5 Å². The largest absolute Gasteiger partial charge is 0.583 e. The molecule has 0 atom stereocenters. The molecule has 0 bridgehead atoms. The molecule has 3 nitrogen and oxygen atoms in total. The molecule has 0 aliphatic heterocycles. The van der Waals surface area contributed by atoms with Gasteiger partial charge in [-0.15, -0.1) is 0 Å². The van der Waals surface area contributed by atoms with Gasteiger partial charge in [0.1, 0.15) is 5.75 Å². The summed E-state index contributed by atoms with van der Waals surface area (Å²) in [6.45, 7) is 4.03. The predicted octanol–water partition coefficient (Wildman–Crippen LogP) is 4.59. The molecule has 2 rings (SSSR count). The first-order valence-electron chi connectivity index (χ1n) is 6.02. The minimum Gasteiger partial charge on any atom is -0.388 e. The van der Waals surface area contributed by atoms with Crippen LogP contribution in [0.4, 0.5) is 0 Å². The lowest BCUT2D eigenvalue weighted by Gasteiger charge is -2.09. The van der Waals surface area contributed by atoms with Crippen molar-refractivity contribution in [1.82, 2.24) is 0 Å². The maximum atomic E-state index is 5.78. The van der Waals surface area contributed by atoms with E-state index < -0.39 is 5.69 Å². The second-order valence-corrected chi connectivity index (χ2v) is 10.0. The highest BCUT2D eigenvalue weighted by Crippen LogP contribution is 2.57. The minimum absolute atomic E-state index is 0.670. The smallest absolute Gasteiger partial charge is 0.388 e. The number of rotatable bonds is 5. The van der Waals surface area contributed by atoms with Gasteiger partial charge in [-0.05, 0) is 38.1 Å². The molecular formula is C14H16NO2PS2+. The second-order valence-electron chi connectivity index (χ2n) is 4.36. The minimum atomic E-state index is -2.65. The van der Waals surface area contributed by atoms with E-state index in [4.69, 9.17) is 26.0 Å². The molecule has 0 fully saturated rings. The van der Waals surface area contributed by atoms with Crippen LogP contribution < -0.4 is 14.2 Å². The summed E-state index contributed by atoms with van der Waals surface area (Å²) < 4.78 is 11.6. The Kier molecular flexibility index (Phi) is 5.11. The molecule has 0 saturated carbocycles. The molecule has 0 saturated heterocycles. The lowest BCUT2D eigenvalue weighted by Crippen LogP contribution is -2.00. The average Bonchev–Trinajstić information content (AvgIpc) is 2.44. The van der Waals surface area contributed by atoms with Gasteiger partial charge in [0, 0.05) is 12.1 Å². The molecule has 0 aromatic heterocycles. The zero-order valence-corrected chi connectivity index (χ0v) is 13.8. The molecule has 0 spiro atoms. The van der Waals surface area contributed by atoms with E-state index >= 15 is 0 Å². The van der Waals surface area contributed by atoms with Crippen molar-refractivity contribution in [3.05, 3.63) is 59.7 Å². The standard InChI is InChI=1S/C14H16NO2PS2/c1-11-3-7-13(8-4-11)16-18(19,20-15)17-14-9-5-12(2)6-10-14/h3-10H,15H2,1-2H3/q+1. The Hall–Kier alpha value is -1.00. The monoisotopic (exact) mass is 325 g/mol. The first-order valence-corrected chi connectivity index (χ1v) is 10.1. The molecule has 0 heterocycles. The molecule has 0 unspecified atom stereocenters. The summed E-state index contributed by atoms with van der Waals surface area (Å²) in [5.74, 6) is 1.34. The van der Waals surface area contributed by atoms with Crippen molar-refractivity contribution in [2.24, 2.45) is 5.14 Å². The van der Waals surface area contributed by atoms with Crippen molar-refractivity contribution >= 4 is 29.1 Å². The van der Waals surface area contributed by atoms with E-state index in [2.05, 4.69) is 0 Å². The van der Waals surface area contributed by atoms with Gasteiger partial charge in [-0.3, -0.25) is 5.14 Å². The van der Waals surface area contributed by atoms with Crippen molar-refractivity contribution in [2.75, 3.05) is 0 Å². The van der Waals surface area contributed by atoms with Crippen LogP contribution in [0.2, 0.25) is 0 Å². The lowest BCUT2D eigenvalue weighted by atomic mass is 10.2. The van der Waals surface area contributed by atoms with Gasteiger partial charge in [-0.25, -0.2) is 0 Å². The Morgan fingerprint density at radius 1 is 1.00 bits per heavy atom. The second kappa shape index (κ2) is 6.64. The van der Waals surface area contributed by atoms with E-state index in [9.17, 15) is 0 Å². The van der Waals surface area contributed by atoms with Crippen LogP contribution >= 0.6 is 17.3 Å². The maximum absolute atomic E-state index is 5.78.